The highest BCUT2D eigenvalue weighted by Gasteiger charge is 2.22. The van der Waals surface area contributed by atoms with Crippen molar-refractivity contribution in [1.82, 2.24) is 9.97 Å². The Balaban J connectivity index is 2.09. The number of hydrogen-bond acceptors (Lipinski definition) is 1. The maximum atomic E-state index is 4.62. The topological polar surface area (TPSA) is 28.7 Å². The molecule has 0 amide bonds. The molecule has 1 aromatic heterocycles. The zero-order valence-corrected chi connectivity index (χ0v) is 14.1. The van der Waals surface area contributed by atoms with E-state index in [9.17, 15) is 0 Å². The van der Waals surface area contributed by atoms with Crippen LogP contribution in [0.4, 0.5) is 0 Å². The number of aromatic nitrogens is 2. The summed E-state index contributed by atoms with van der Waals surface area (Å²) in [6.45, 7) is 6.55. The third-order valence-electron chi connectivity index (χ3n) is 3.54. The van der Waals surface area contributed by atoms with Crippen LogP contribution in [0.15, 0.2) is 66.9 Å². The summed E-state index contributed by atoms with van der Waals surface area (Å²) in [5.41, 5.74) is 1.24. The van der Waals surface area contributed by atoms with Crippen molar-refractivity contribution in [1.29, 1.82) is 0 Å². The molecule has 22 heavy (non-hydrogen) atoms. The molecule has 0 unspecified atom stereocenters. The van der Waals surface area contributed by atoms with Crippen molar-refractivity contribution in [2.24, 2.45) is 0 Å². The Kier molecular flexibility index (Phi) is 4.13. The van der Waals surface area contributed by atoms with E-state index in [0.29, 0.717) is 0 Å². The van der Waals surface area contributed by atoms with Gasteiger partial charge in [-0.25, -0.2) is 4.98 Å². The van der Waals surface area contributed by atoms with Crippen LogP contribution in [0, 0.1) is 0 Å². The van der Waals surface area contributed by atoms with Gasteiger partial charge in [-0.1, -0.05) is 81.4 Å². The first-order valence-electron chi connectivity index (χ1n) is 7.51. The van der Waals surface area contributed by atoms with Gasteiger partial charge < -0.3 is 4.98 Å². The van der Waals surface area contributed by atoms with E-state index in [-0.39, 0.29) is 5.41 Å². The number of rotatable bonds is 3. The first-order chi connectivity index (χ1) is 10.6. The molecule has 0 saturated carbocycles. The van der Waals surface area contributed by atoms with Crippen molar-refractivity contribution >= 4 is 24.0 Å². The average Bonchev–Trinajstić information content (AvgIpc) is 2.99. The van der Waals surface area contributed by atoms with Gasteiger partial charge in [-0.05, 0) is 10.6 Å². The highest BCUT2D eigenvalue weighted by atomic mass is 31.1. The Hall–Kier alpha value is -1.92. The van der Waals surface area contributed by atoms with Gasteiger partial charge in [0.2, 0.25) is 0 Å². The van der Waals surface area contributed by atoms with Gasteiger partial charge in [0, 0.05) is 13.3 Å². The van der Waals surface area contributed by atoms with Gasteiger partial charge in [0.25, 0.3) is 0 Å². The second-order valence-electron chi connectivity index (χ2n) is 6.37. The average molecular weight is 308 g/mol. The standard InChI is InChI=1S/C19H21N2P/c1-19(2,3)18-20-14-17(21-18)22(15-10-6-4-7-11-15)16-12-8-5-9-13-16/h4-14H,1-3H3,(H,20,21). The SMILES string of the molecule is CC(C)(C)c1ncc(P(c2ccccc2)c2ccccc2)[nH]1. The van der Waals surface area contributed by atoms with Crippen molar-refractivity contribution in [3.63, 3.8) is 0 Å². The molecule has 3 rings (SSSR count). The number of nitrogens with zero attached hydrogens (tertiary/aromatic N) is 1. The van der Waals surface area contributed by atoms with Gasteiger partial charge in [0.05, 0.1) is 11.6 Å². The Morgan fingerprint density at radius 3 is 1.73 bits per heavy atom. The summed E-state index contributed by atoms with van der Waals surface area (Å²) >= 11 is 0. The lowest BCUT2D eigenvalue weighted by Crippen LogP contribution is -2.22. The molecule has 0 aliphatic carbocycles. The summed E-state index contributed by atoms with van der Waals surface area (Å²) in [5.74, 6) is 1.04. The van der Waals surface area contributed by atoms with Crippen LogP contribution < -0.4 is 16.0 Å². The van der Waals surface area contributed by atoms with Crippen LogP contribution in [0.5, 0.6) is 0 Å². The van der Waals surface area contributed by atoms with E-state index in [2.05, 4.69) is 91.4 Å². The van der Waals surface area contributed by atoms with Gasteiger partial charge >= 0.3 is 0 Å². The van der Waals surface area contributed by atoms with Crippen molar-refractivity contribution < 1.29 is 0 Å². The Bertz CT molecular complexity index is 687. The lowest BCUT2D eigenvalue weighted by Gasteiger charge is -2.18. The molecular formula is C19H21N2P. The number of hydrogen-bond donors (Lipinski definition) is 1. The highest BCUT2D eigenvalue weighted by Crippen LogP contribution is 2.32. The molecule has 2 nitrogen and oxygen atoms in total. The lowest BCUT2D eigenvalue weighted by atomic mass is 9.96. The van der Waals surface area contributed by atoms with Crippen molar-refractivity contribution in [3.8, 4) is 0 Å². The normalized spacial score (nSPS) is 11.8. The van der Waals surface area contributed by atoms with Crippen LogP contribution in [-0.2, 0) is 5.41 Å². The minimum Gasteiger partial charge on any atom is -0.341 e. The predicted molar refractivity (Wildman–Crippen MR) is 96.0 cm³/mol. The van der Waals surface area contributed by atoms with Crippen molar-refractivity contribution in [2.75, 3.05) is 0 Å². The zero-order chi connectivity index (χ0) is 15.6. The summed E-state index contributed by atoms with van der Waals surface area (Å²) in [6, 6.07) is 21.4. The van der Waals surface area contributed by atoms with Crippen LogP contribution in [-0.4, -0.2) is 9.97 Å². The smallest absolute Gasteiger partial charge is 0.111 e. The summed E-state index contributed by atoms with van der Waals surface area (Å²) in [6.07, 6.45) is 2.01. The molecule has 1 N–H and O–H groups in total. The minimum atomic E-state index is -0.590. The van der Waals surface area contributed by atoms with E-state index >= 15 is 0 Å². The Morgan fingerprint density at radius 2 is 1.32 bits per heavy atom. The largest absolute Gasteiger partial charge is 0.341 e. The fourth-order valence-corrected chi connectivity index (χ4v) is 4.57. The molecule has 0 bridgehead atoms. The Labute approximate surface area is 133 Å². The second-order valence-corrected chi connectivity index (χ2v) is 8.56. The van der Waals surface area contributed by atoms with Crippen LogP contribution in [0.3, 0.4) is 0 Å². The monoisotopic (exact) mass is 308 g/mol. The third-order valence-corrected chi connectivity index (χ3v) is 5.88. The van der Waals surface area contributed by atoms with Crippen LogP contribution in [0.2, 0.25) is 0 Å². The molecule has 0 atom stereocenters. The molecule has 112 valence electrons. The highest BCUT2D eigenvalue weighted by molar-refractivity contribution is 7.79. The van der Waals surface area contributed by atoms with Crippen LogP contribution in [0.25, 0.3) is 0 Å². The molecule has 3 heteroatoms. The van der Waals surface area contributed by atoms with E-state index in [1.165, 1.54) is 16.0 Å². The fourth-order valence-electron chi connectivity index (χ4n) is 2.39. The fraction of sp³-hybridized carbons (Fsp3) is 0.211. The van der Waals surface area contributed by atoms with Gasteiger partial charge in [-0.3, -0.25) is 0 Å². The summed E-state index contributed by atoms with van der Waals surface area (Å²) < 4.78 is 0. The van der Waals surface area contributed by atoms with E-state index < -0.39 is 7.92 Å². The summed E-state index contributed by atoms with van der Waals surface area (Å²) in [7, 11) is -0.590. The van der Waals surface area contributed by atoms with E-state index in [0.717, 1.165) is 5.82 Å². The molecule has 3 aromatic rings. The molecular weight excluding hydrogens is 287 g/mol. The summed E-state index contributed by atoms with van der Waals surface area (Å²) in [4.78, 5) is 8.19. The number of aromatic amines is 1. The first-order valence-corrected chi connectivity index (χ1v) is 8.85. The lowest BCUT2D eigenvalue weighted by molar-refractivity contribution is 0.553. The van der Waals surface area contributed by atoms with Gasteiger partial charge in [-0.15, -0.1) is 0 Å². The molecule has 0 saturated heterocycles. The van der Waals surface area contributed by atoms with Crippen molar-refractivity contribution in [3.05, 3.63) is 72.7 Å². The molecule has 0 aliphatic heterocycles. The minimum absolute atomic E-state index is 0.0344. The molecule has 2 aromatic carbocycles. The van der Waals surface area contributed by atoms with E-state index in [4.69, 9.17) is 0 Å². The number of H-pyrrole nitrogens is 1. The maximum absolute atomic E-state index is 4.62. The molecule has 0 radical (unpaired) electrons. The van der Waals surface area contributed by atoms with Crippen LogP contribution >= 0.6 is 7.92 Å². The third kappa shape index (κ3) is 3.13. The predicted octanol–water partition coefficient (Wildman–Crippen LogP) is 3.47. The van der Waals surface area contributed by atoms with E-state index in [1.54, 1.807) is 0 Å². The molecule has 0 aliphatic rings. The van der Waals surface area contributed by atoms with Gasteiger partial charge in [0.15, 0.2) is 0 Å². The molecule has 0 fully saturated rings. The number of benzene rings is 2. The van der Waals surface area contributed by atoms with Gasteiger partial charge in [0.1, 0.15) is 5.82 Å². The van der Waals surface area contributed by atoms with E-state index in [1.807, 2.05) is 6.20 Å². The van der Waals surface area contributed by atoms with Crippen molar-refractivity contribution in [2.45, 2.75) is 26.2 Å². The number of nitrogens with one attached hydrogen (secondary N) is 1. The summed E-state index contributed by atoms with van der Waals surface area (Å²) in [5, 5.41) is 2.68. The quantitative estimate of drug-likeness (QED) is 0.738. The molecule has 0 spiro atoms. The zero-order valence-electron chi connectivity index (χ0n) is 13.2. The second kappa shape index (κ2) is 6.06. The van der Waals surface area contributed by atoms with Crippen LogP contribution in [0.1, 0.15) is 26.6 Å². The van der Waals surface area contributed by atoms with Gasteiger partial charge in [-0.2, -0.15) is 0 Å². The Morgan fingerprint density at radius 1 is 0.818 bits per heavy atom. The maximum Gasteiger partial charge on any atom is 0.111 e. The molecule has 1 heterocycles. The number of imidazole rings is 1. The first kappa shape index (κ1) is 15.0.